The lowest BCUT2D eigenvalue weighted by Crippen LogP contribution is -2.03. The van der Waals surface area contributed by atoms with Gasteiger partial charge in [-0.3, -0.25) is 5.10 Å². The summed E-state index contributed by atoms with van der Waals surface area (Å²) in [5, 5.41) is 15.1. The highest BCUT2D eigenvalue weighted by Gasteiger charge is 2.08. The first kappa shape index (κ1) is 13.1. The van der Waals surface area contributed by atoms with Crippen molar-refractivity contribution in [1.29, 1.82) is 0 Å². The van der Waals surface area contributed by atoms with Crippen molar-refractivity contribution in [3.63, 3.8) is 0 Å². The number of hydrogen-bond donors (Lipinski definition) is 2. The summed E-state index contributed by atoms with van der Waals surface area (Å²) < 4.78 is 5.67. The predicted molar refractivity (Wildman–Crippen MR) is 70.7 cm³/mol. The zero-order valence-corrected chi connectivity index (χ0v) is 10.9. The minimum atomic E-state index is -1.03. The van der Waals surface area contributed by atoms with E-state index in [0.29, 0.717) is 13.0 Å². The number of rotatable bonds is 5. The molecule has 0 aliphatic carbocycles. The zero-order chi connectivity index (χ0) is 13.8. The Bertz CT molecular complexity index is 590. The number of aromatic carboxylic acids is 1. The number of nitrogens with one attached hydrogen (secondary N) is 1. The number of hydrogen-bond acceptors (Lipinski definition) is 3. The Labute approximate surface area is 111 Å². The third-order valence-electron chi connectivity index (χ3n) is 2.81. The summed E-state index contributed by atoms with van der Waals surface area (Å²) in [5.41, 5.74) is 3.07. The van der Waals surface area contributed by atoms with E-state index in [0.717, 1.165) is 17.0 Å². The second-order valence-corrected chi connectivity index (χ2v) is 4.45. The van der Waals surface area contributed by atoms with E-state index in [9.17, 15) is 4.79 Å². The molecule has 1 aromatic heterocycles. The Morgan fingerprint density at radius 2 is 2.16 bits per heavy atom. The first-order chi connectivity index (χ1) is 9.06. The fourth-order valence-electron chi connectivity index (χ4n) is 1.83. The van der Waals surface area contributed by atoms with Gasteiger partial charge < -0.3 is 9.84 Å². The maximum atomic E-state index is 10.7. The fraction of sp³-hybridized carbons (Fsp3) is 0.286. The van der Waals surface area contributed by atoms with Gasteiger partial charge in [0.1, 0.15) is 5.75 Å². The quantitative estimate of drug-likeness (QED) is 0.865. The van der Waals surface area contributed by atoms with E-state index in [1.54, 1.807) is 0 Å². The summed E-state index contributed by atoms with van der Waals surface area (Å²) in [4.78, 5) is 10.7. The van der Waals surface area contributed by atoms with E-state index in [2.05, 4.69) is 16.3 Å². The zero-order valence-electron chi connectivity index (χ0n) is 10.9. The summed E-state index contributed by atoms with van der Waals surface area (Å²) in [6, 6.07) is 7.53. The van der Waals surface area contributed by atoms with Gasteiger partial charge in [-0.15, -0.1) is 0 Å². The van der Waals surface area contributed by atoms with Gasteiger partial charge in [-0.25, -0.2) is 4.79 Å². The summed E-state index contributed by atoms with van der Waals surface area (Å²) in [5.74, 6) is -0.179. The van der Waals surface area contributed by atoms with E-state index in [1.165, 1.54) is 11.6 Å². The maximum Gasteiger partial charge on any atom is 0.356 e. The lowest BCUT2D eigenvalue weighted by molar-refractivity contribution is 0.0690. The van der Waals surface area contributed by atoms with Crippen molar-refractivity contribution in [1.82, 2.24) is 10.2 Å². The molecule has 5 nitrogen and oxygen atoms in total. The molecule has 0 spiro atoms. The molecule has 0 aliphatic heterocycles. The van der Waals surface area contributed by atoms with Crippen LogP contribution in [-0.4, -0.2) is 27.9 Å². The highest BCUT2D eigenvalue weighted by molar-refractivity contribution is 5.85. The average molecular weight is 260 g/mol. The van der Waals surface area contributed by atoms with Crippen molar-refractivity contribution < 1.29 is 14.6 Å². The maximum absolute atomic E-state index is 10.7. The Morgan fingerprint density at radius 1 is 1.37 bits per heavy atom. The van der Waals surface area contributed by atoms with Gasteiger partial charge in [0.2, 0.25) is 0 Å². The van der Waals surface area contributed by atoms with Gasteiger partial charge in [-0.1, -0.05) is 17.7 Å². The minimum Gasteiger partial charge on any atom is -0.493 e. The van der Waals surface area contributed by atoms with Crippen LogP contribution < -0.4 is 4.74 Å². The van der Waals surface area contributed by atoms with E-state index in [4.69, 9.17) is 9.84 Å². The van der Waals surface area contributed by atoms with Crippen LogP contribution in [0.2, 0.25) is 0 Å². The third-order valence-corrected chi connectivity index (χ3v) is 2.81. The first-order valence-electron chi connectivity index (χ1n) is 6.04. The minimum absolute atomic E-state index is 0.0292. The number of aromatic nitrogens is 2. The van der Waals surface area contributed by atoms with Crippen LogP contribution in [0.25, 0.3) is 0 Å². The van der Waals surface area contributed by atoms with Gasteiger partial charge in [0.15, 0.2) is 5.69 Å². The molecule has 0 unspecified atom stereocenters. The molecule has 2 rings (SSSR count). The summed E-state index contributed by atoms with van der Waals surface area (Å²) >= 11 is 0. The molecule has 2 aromatic rings. The number of nitrogens with zero attached hydrogens (tertiary/aromatic N) is 1. The van der Waals surface area contributed by atoms with Crippen molar-refractivity contribution in [2.75, 3.05) is 6.61 Å². The number of H-pyrrole nitrogens is 1. The van der Waals surface area contributed by atoms with E-state index in [1.807, 2.05) is 26.0 Å². The van der Waals surface area contributed by atoms with Gasteiger partial charge in [0.25, 0.3) is 0 Å². The molecule has 0 atom stereocenters. The van der Waals surface area contributed by atoms with Crippen LogP contribution in [0.5, 0.6) is 5.75 Å². The topological polar surface area (TPSA) is 75.2 Å². The van der Waals surface area contributed by atoms with Crippen molar-refractivity contribution in [2.45, 2.75) is 20.3 Å². The van der Waals surface area contributed by atoms with Gasteiger partial charge in [0.05, 0.1) is 6.61 Å². The second-order valence-electron chi connectivity index (χ2n) is 4.45. The molecule has 5 heteroatoms. The summed E-state index contributed by atoms with van der Waals surface area (Å²) in [6.45, 7) is 4.51. The molecule has 1 heterocycles. The van der Waals surface area contributed by atoms with Crippen LogP contribution in [0, 0.1) is 13.8 Å². The van der Waals surface area contributed by atoms with Gasteiger partial charge in [-0.05, 0) is 31.5 Å². The number of carboxylic acid groups (broad SMARTS) is 1. The highest BCUT2D eigenvalue weighted by atomic mass is 16.5. The number of carboxylic acids is 1. The fourth-order valence-corrected chi connectivity index (χ4v) is 1.83. The van der Waals surface area contributed by atoms with Crippen molar-refractivity contribution in [3.8, 4) is 5.75 Å². The second kappa shape index (κ2) is 5.56. The highest BCUT2D eigenvalue weighted by Crippen LogP contribution is 2.18. The Hall–Kier alpha value is -2.30. The van der Waals surface area contributed by atoms with E-state index >= 15 is 0 Å². The van der Waals surface area contributed by atoms with Crippen LogP contribution in [-0.2, 0) is 6.42 Å². The van der Waals surface area contributed by atoms with Crippen LogP contribution >= 0.6 is 0 Å². The molecule has 0 fully saturated rings. The third kappa shape index (κ3) is 3.34. The van der Waals surface area contributed by atoms with E-state index in [-0.39, 0.29) is 5.69 Å². The molecule has 19 heavy (non-hydrogen) atoms. The first-order valence-corrected chi connectivity index (χ1v) is 6.04. The molecule has 1 aromatic carbocycles. The van der Waals surface area contributed by atoms with Crippen molar-refractivity contribution >= 4 is 5.97 Å². The molecule has 0 amide bonds. The van der Waals surface area contributed by atoms with Crippen molar-refractivity contribution in [3.05, 3.63) is 46.8 Å². The van der Waals surface area contributed by atoms with Crippen LogP contribution in [0.3, 0.4) is 0 Å². The van der Waals surface area contributed by atoms with Crippen LogP contribution in [0.15, 0.2) is 24.3 Å². The lowest BCUT2D eigenvalue weighted by Gasteiger charge is -2.08. The summed E-state index contributed by atoms with van der Waals surface area (Å²) in [7, 11) is 0. The standard InChI is InChI=1S/C14H16N2O3/c1-9-3-4-13(10(2)7-9)19-6-5-11-8-12(14(17)18)16-15-11/h3-4,7-8H,5-6H2,1-2H3,(H,15,16)(H,17,18). The predicted octanol–water partition coefficient (Wildman–Crippen LogP) is 2.35. The van der Waals surface area contributed by atoms with Gasteiger partial charge in [-0.2, -0.15) is 5.10 Å². The van der Waals surface area contributed by atoms with Gasteiger partial charge >= 0.3 is 5.97 Å². The molecule has 100 valence electrons. The SMILES string of the molecule is Cc1ccc(OCCc2cc(C(=O)O)n[nH]2)c(C)c1. The molecule has 0 saturated carbocycles. The number of carbonyl (C=O) groups is 1. The molecular weight excluding hydrogens is 244 g/mol. The Morgan fingerprint density at radius 3 is 2.79 bits per heavy atom. The Kier molecular flexibility index (Phi) is 3.85. The van der Waals surface area contributed by atoms with Gasteiger partial charge in [0, 0.05) is 12.1 Å². The monoisotopic (exact) mass is 260 g/mol. The van der Waals surface area contributed by atoms with E-state index < -0.39 is 5.97 Å². The Balaban J connectivity index is 1.90. The van der Waals surface area contributed by atoms with Crippen LogP contribution in [0.4, 0.5) is 0 Å². The molecule has 0 aliphatic rings. The summed E-state index contributed by atoms with van der Waals surface area (Å²) in [6.07, 6.45) is 0.591. The van der Waals surface area contributed by atoms with Crippen molar-refractivity contribution in [2.24, 2.45) is 0 Å². The smallest absolute Gasteiger partial charge is 0.356 e. The largest absolute Gasteiger partial charge is 0.493 e. The molecular formula is C14H16N2O3. The van der Waals surface area contributed by atoms with Crippen LogP contribution in [0.1, 0.15) is 27.3 Å². The molecule has 0 saturated heterocycles. The molecule has 0 bridgehead atoms. The average Bonchev–Trinajstić information content (AvgIpc) is 2.81. The normalized spacial score (nSPS) is 10.4. The molecule has 2 N–H and O–H groups in total. The number of aryl methyl sites for hydroxylation is 2. The lowest BCUT2D eigenvalue weighted by atomic mass is 10.1. The number of aromatic amines is 1. The number of benzene rings is 1. The molecule has 0 radical (unpaired) electrons. The number of ether oxygens (including phenoxy) is 1.